The number of nitrogens with zero attached hydrogens (tertiary/aromatic N) is 2. The van der Waals surface area contributed by atoms with Crippen LogP contribution in [0, 0.1) is 10.5 Å². The van der Waals surface area contributed by atoms with E-state index in [1.165, 1.54) is 9.13 Å². The van der Waals surface area contributed by atoms with Gasteiger partial charge in [-0.2, -0.15) is 5.10 Å². The van der Waals surface area contributed by atoms with Gasteiger partial charge in [-0.05, 0) is 59.7 Å². The van der Waals surface area contributed by atoms with E-state index in [1.54, 1.807) is 0 Å². The Hall–Kier alpha value is -0.880. The smallest absolute Gasteiger partial charge is 0.0597 e. The van der Waals surface area contributed by atoms with Gasteiger partial charge in [-0.1, -0.05) is 12.1 Å². The summed E-state index contributed by atoms with van der Waals surface area (Å²) in [6, 6.07) is 10.5. The SMILES string of the molecule is Cc1cc(C(N)Cc2ccc(I)cc2)n(C)n1. The fourth-order valence-electron chi connectivity index (χ4n) is 1.96. The molecule has 3 nitrogen and oxygen atoms in total. The minimum atomic E-state index is 0.00117. The first kappa shape index (κ1) is 12.6. The molecule has 1 atom stereocenters. The van der Waals surface area contributed by atoms with Crippen molar-refractivity contribution in [3.05, 3.63) is 50.9 Å². The molecule has 0 aliphatic rings. The largest absolute Gasteiger partial charge is 0.322 e. The Balaban J connectivity index is 2.14. The zero-order valence-electron chi connectivity index (χ0n) is 10.0. The summed E-state index contributed by atoms with van der Waals surface area (Å²) in [5.74, 6) is 0. The van der Waals surface area contributed by atoms with Crippen LogP contribution in [0.3, 0.4) is 0 Å². The van der Waals surface area contributed by atoms with Gasteiger partial charge >= 0.3 is 0 Å². The van der Waals surface area contributed by atoms with Crippen molar-refractivity contribution in [2.24, 2.45) is 12.8 Å². The van der Waals surface area contributed by atoms with Gasteiger partial charge in [-0.25, -0.2) is 0 Å². The van der Waals surface area contributed by atoms with Crippen LogP contribution in [0.2, 0.25) is 0 Å². The zero-order chi connectivity index (χ0) is 12.4. The maximum Gasteiger partial charge on any atom is 0.0597 e. The molecule has 1 aromatic heterocycles. The van der Waals surface area contributed by atoms with E-state index in [0.29, 0.717) is 0 Å². The Morgan fingerprint density at radius 1 is 1.35 bits per heavy atom. The van der Waals surface area contributed by atoms with Crippen molar-refractivity contribution in [1.82, 2.24) is 9.78 Å². The molecule has 0 aliphatic heterocycles. The summed E-state index contributed by atoms with van der Waals surface area (Å²) in [6.45, 7) is 1.99. The number of hydrogen-bond donors (Lipinski definition) is 1. The molecule has 0 bridgehead atoms. The summed E-state index contributed by atoms with van der Waals surface area (Å²) < 4.78 is 3.11. The molecule has 0 saturated carbocycles. The average molecular weight is 341 g/mol. The number of rotatable bonds is 3. The van der Waals surface area contributed by atoms with E-state index in [2.05, 4.69) is 58.0 Å². The molecule has 1 unspecified atom stereocenters. The molecular weight excluding hydrogens is 325 g/mol. The monoisotopic (exact) mass is 341 g/mol. The maximum atomic E-state index is 6.22. The van der Waals surface area contributed by atoms with Gasteiger partial charge in [0.05, 0.1) is 17.4 Å². The number of aromatic nitrogens is 2. The summed E-state index contributed by atoms with van der Waals surface area (Å²) in [7, 11) is 1.94. The Labute approximate surface area is 115 Å². The minimum absolute atomic E-state index is 0.00117. The summed E-state index contributed by atoms with van der Waals surface area (Å²) in [5, 5.41) is 4.32. The first-order chi connectivity index (χ1) is 8.06. The van der Waals surface area contributed by atoms with Gasteiger partial charge < -0.3 is 5.73 Å². The third-order valence-electron chi connectivity index (χ3n) is 2.79. The van der Waals surface area contributed by atoms with Gasteiger partial charge in [0.15, 0.2) is 0 Å². The molecule has 2 N–H and O–H groups in total. The molecule has 0 aliphatic carbocycles. The molecule has 4 heteroatoms. The Morgan fingerprint density at radius 3 is 2.53 bits per heavy atom. The molecular formula is C13H16IN3. The highest BCUT2D eigenvalue weighted by Gasteiger charge is 2.12. The lowest BCUT2D eigenvalue weighted by Gasteiger charge is -2.12. The topological polar surface area (TPSA) is 43.8 Å². The van der Waals surface area contributed by atoms with Gasteiger partial charge in [0.1, 0.15) is 0 Å². The molecule has 0 radical (unpaired) electrons. The van der Waals surface area contributed by atoms with Crippen molar-refractivity contribution in [3.63, 3.8) is 0 Å². The fourth-order valence-corrected chi connectivity index (χ4v) is 2.32. The highest BCUT2D eigenvalue weighted by atomic mass is 127. The molecule has 0 fully saturated rings. The minimum Gasteiger partial charge on any atom is -0.322 e. The highest BCUT2D eigenvalue weighted by molar-refractivity contribution is 14.1. The summed E-state index contributed by atoms with van der Waals surface area (Å²) in [6.07, 6.45) is 0.843. The molecule has 0 amide bonds. The molecule has 1 heterocycles. The van der Waals surface area contributed by atoms with Gasteiger partial charge in [0.25, 0.3) is 0 Å². The summed E-state index contributed by atoms with van der Waals surface area (Å²) in [4.78, 5) is 0. The van der Waals surface area contributed by atoms with Crippen molar-refractivity contribution < 1.29 is 0 Å². The average Bonchev–Trinajstić information content (AvgIpc) is 2.61. The molecule has 0 saturated heterocycles. The van der Waals surface area contributed by atoms with E-state index in [0.717, 1.165) is 17.8 Å². The van der Waals surface area contributed by atoms with Gasteiger partial charge in [-0.3, -0.25) is 4.68 Å². The van der Waals surface area contributed by atoms with Crippen molar-refractivity contribution in [2.45, 2.75) is 19.4 Å². The number of benzene rings is 1. The highest BCUT2D eigenvalue weighted by Crippen LogP contribution is 2.17. The van der Waals surface area contributed by atoms with Crippen LogP contribution in [0.25, 0.3) is 0 Å². The Kier molecular flexibility index (Phi) is 3.83. The van der Waals surface area contributed by atoms with Crippen LogP contribution in [0.4, 0.5) is 0 Å². The van der Waals surface area contributed by atoms with Crippen LogP contribution in [-0.4, -0.2) is 9.78 Å². The molecule has 2 rings (SSSR count). The van der Waals surface area contributed by atoms with Crippen LogP contribution in [-0.2, 0) is 13.5 Å². The number of aryl methyl sites for hydroxylation is 2. The standard InChI is InChI=1S/C13H16IN3/c1-9-7-13(17(2)16-9)12(15)8-10-3-5-11(14)6-4-10/h3-7,12H,8,15H2,1-2H3. The second-order valence-corrected chi connectivity index (χ2v) is 5.52. The molecule has 90 valence electrons. The van der Waals surface area contributed by atoms with Crippen molar-refractivity contribution in [1.29, 1.82) is 0 Å². The predicted octanol–water partition coefficient (Wildman–Crippen LogP) is 2.58. The van der Waals surface area contributed by atoms with E-state index >= 15 is 0 Å². The Morgan fingerprint density at radius 2 is 2.00 bits per heavy atom. The van der Waals surface area contributed by atoms with Crippen LogP contribution < -0.4 is 5.73 Å². The van der Waals surface area contributed by atoms with Crippen LogP contribution >= 0.6 is 22.6 Å². The second-order valence-electron chi connectivity index (χ2n) is 4.27. The van der Waals surface area contributed by atoms with Crippen molar-refractivity contribution >= 4 is 22.6 Å². The zero-order valence-corrected chi connectivity index (χ0v) is 12.2. The number of nitrogens with two attached hydrogens (primary N) is 1. The van der Waals surface area contributed by atoms with Gasteiger partial charge in [0, 0.05) is 10.6 Å². The first-order valence-electron chi connectivity index (χ1n) is 5.57. The number of halogens is 1. The third-order valence-corrected chi connectivity index (χ3v) is 3.51. The quantitative estimate of drug-likeness (QED) is 0.872. The maximum absolute atomic E-state index is 6.22. The van der Waals surface area contributed by atoms with Crippen LogP contribution in [0.5, 0.6) is 0 Å². The lowest BCUT2D eigenvalue weighted by Crippen LogP contribution is -2.17. The van der Waals surface area contributed by atoms with Gasteiger partial charge in [-0.15, -0.1) is 0 Å². The lowest BCUT2D eigenvalue weighted by atomic mass is 10.0. The summed E-state index contributed by atoms with van der Waals surface area (Å²) in [5.41, 5.74) is 9.58. The summed E-state index contributed by atoms with van der Waals surface area (Å²) >= 11 is 2.31. The van der Waals surface area contributed by atoms with Gasteiger partial charge in [0.2, 0.25) is 0 Å². The molecule has 2 aromatic rings. The third kappa shape index (κ3) is 3.07. The molecule has 17 heavy (non-hydrogen) atoms. The van der Waals surface area contributed by atoms with Crippen LogP contribution in [0.15, 0.2) is 30.3 Å². The normalized spacial score (nSPS) is 12.7. The van der Waals surface area contributed by atoms with Crippen molar-refractivity contribution in [2.75, 3.05) is 0 Å². The fraction of sp³-hybridized carbons (Fsp3) is 0.308. The molecule has 0 spiro atoms. The lowest BCUT2D eigenvalue weighted by molar-refractivity contribution is 0.615. The van der Waals surface area contributed by atoms with E-state index < -0.39 is 0 Å². The number of hydrogen-bond acceptors (Lipinski definition) is 2. The predicted molar refractivity (Wildman–Crippen MR) is 77.7 cm³/mol. The second kappa shape index (κ2) is 5.18. The molecule has 1 aromatic carbocycles. The van der Waals surface area contributed by atoms with E-state index in [-0.39, 0.29) is 6.04 Å². The van der Waals surface area contributed by atoms with E-state index in [4.69, 9.17) is 5.73 Å². The van der Waals surface area contributed by atoms with E-state index in [9.17, 15) is 0 Å². The van der Waals surface area contributed by atoms with Crippen LogP contribution in [0.1, 0.15) is 23.0 Å². The Bertz CT molecular complexity index is 502. The first-order valence-corrected chi connectivity index (χ1v) is 6.64. The van der Waals surface area contributed by atoms with Crippen molar-refractivity contribution in [3.8, 4) is 0 Å². The van der Waals surface area contributed by atoms with E-state index in [1.807, 2.05) is 18.7 Å².